The lowest BCUT2D eigenvalue weighted by molar-refractivity contribution is -0.139. The standard InChI is InChI=1S/C51H58Cl2FN9O6/c1-49(2)16-18-50(19-17-49)51(34-10-7-29(52)23-35(34)57-47(51)68)40(33-14-20-55-43(53)41(33)54)42(59-50)45(66)56-30-8-5-28(6-9-30)46(67)62-26-31-24-32(62)25-61(31)21-15-27-4-11-36-38(22-27)60(3)48(69)63(36)37-12-13-39(64)58-44(37)65/h4,7,10-11,14,20,22-23,28,30-32,37,40,42,59H,5-6,8-9,12-13,15-19,21,24-26H2,1-3H3,(H,56,66)(H,57,68)(H,58,64,65)/t28?,30?,31-,32-,37?,40+,42-,51-/m1/s1. The van der Waals surface area contributed by atoms with E-state index in [0.717, 1.165) is 49.9 Å². The molecule has 1 unspecified atom stereocenters. The van der Waals surface area contributed by atoms with Gasteiger partial charge in [-0.15, -0.1) is 0 Å². The zero-order valence-electron chi connectivity index (χ0n) is 39.1. The minimum absolute atomic E-state index is 0.0101. The molecule has 69 heavy (non-hydrogen) atoms. The highest BCUT2D eigenvalue weighted by Gasteiger charge is 2.73. The number of pyridine rings is 1. The van der Waals surface area contributed by atoms with Crippen LogP contribution >= 0.6 is 23.2 Å². The van der Waals surface area contributed by atoms with E-state index in [9.17, 15) is 28.8 Å². The summed E-state index contributed by atoms with van der Waals surface area (Å²) in [5.41, 5.74) is 1.33. The number of hydrogen-bond acceptors (Lipinski definition) is 9. The third kappa shape index (κ3) is 7.44. The number of carbonyl (C=O) groups is 5. The summed E-state index contributed by atoms with van der Waals surface area (Å²) in [4.78, 5) is 90.2. The van der Waals surface area contributed by atoms with Crippen LogP contribution in [-0.4, -0.2) is 103 Å². The van der Waals surface area contributed by atoms with Gasteiger partial charge in [-0.3, -0.25) is 48.6 Å². The van der Waals surface area contributed by atoms with Crippen molar-refractivity contribution in [1.82, 2.24) is 39.9 Å². The summed E-state index contributed by atoms with van der Waals surface area (Å²) in [7, 11) is 1.70. The number of imide groups is 1. The molecule has 6 fully saturated rings. The van der Waals surface area contributed by atoms with Crippen LogP contribution in [0.4, 0.5) is 10.1 Å². The molecule has 2 aliphatic carbocycles. The smallest absolute Gasteiger partial charge is 0.329 e. The SMILES string of the molecule is Cn1c(=O)n(C2CCC(=O)NC2=O)c2ccc(CCN3C[C@H]4C[C@@H]3CN4C(=O)C3CCC(NC(=O)[C@@H]4NC5(CCC(C)(C)CC5)[C@@]5(C(=O)Nc6cc(Cl)ccc65)[C@H]4c4ccnc(Cl)c4F)CC3)cc21. The second kappa shape index (κ2) is 17.0. The van der Waals surface area contributed by atoms with E-state index in [1.54, 1.807) is 29.8 Å². The Balaban J connectivity index is 0.745. The first-order chi connectivity index (χ1) is 33.0. The Morgan fingerprint density at radius 1 is 0.899 bits per heavy atom. The van der Waals surface area contributed by atoms with E-state index in [1.165, 1.54) is 10.8 Å². The maximum absolute atomic E-state index is 16.4. The summed E-state index contributed by atoms with van der Waals surface area (Å²) in [6.45, 7) is 6.71. The average molecular weight is 983 g/mol. The second-order valence-electron chi connectivity index (χ2n) is 21.6. The average Bonchev–Trinajstić information content (AvgIpc) is 4.12. The largest absolute Gasteiger partial charge is 0.352 e. The summed E-state index contributed by atoms with van der Waals surface area (Å²) in [6, 6.07) is 11.2. The number of carbonyl (C=O) groups excluding carboxylic acids is 5. The van der Waals surface area contributed by atoms with Gasteiger partial charge in [0.15, 0.2) is 11.0 Å². The van der Waals surface area contributed by atoms with Crippen LogP contribution in [0.2, 0.25) is 10.2 Å². The Kier molecular flexibility index (Phi) is 11.4. The van der Waals surface area contributed by atoms with Gasteiger partial charge in [0.25, 0.3) is 0 Å². The Labute approximate surface area is 409 Å². The van der Waals surface area contributed by atoms with Gasteiger partial charge in [-0.05, 0) is 123 Å². The fraction of sp³-hybridized carbons (Fsp3) is 0.549. The van der Waals surface area contributed by atoms with Gasteiger partial charge in [0.1, 0.15) is 11.5 Å². The third-order valence-electron chi connectivity index (χ3n) is 17.4. The van der Waals surface area contributed by atoms with Crippen molar-refractivity contribution >= 4 is 69.5 Å². The predicted molar refractivity (Wildman–Crippen MR) is 257 cm³/mol. The van der Waals surface area contributed by atoms with Gasteiger partial charge in [0.2, 0.25) is 29.5 Å². The monoisotopic (exact) mass is 981 g/mol. The number of amides is 5. The summed E-state index contributed by atoms with van der Waals surface area (Å²) in [5.74, 6) is -3.09. The summed E-state index contributed by atoms with van der Waals surface area (Å²) in [5, 5.41) is 12.6. The fourth-order valence-electron chi connectivity index (χ4n) is 13.7. The number of nitrogens with one attached hydrogen (secondary N) is 4. The molecule has 2 saturated carbocycles. The van der Waals surface area contributed by atoms with Crippen molar-refractivity contribution in [2.75, 3.05) is 25.0 Å². The molecule has 2 aromatic heterocycles. The molecule has 15 nitrogen and oxygen atoms in total. The van der Waals surface area contributed by atoms with Crippen molar-refractivity contribution in [2.45, 2.75) is 138 Å². The third-order valence-corrected chi connectivity index (χ3v) is 17.9. The number of piperazine rings is 1. The van der Waals surface area contributed by atoms with E-state index in [-0.39, 0.29) is 82.3 Å². The lowest BCUT2D eigenvalue weighted by atomic mass is 9.53. The molecule has 0 radical (unpaired) electrons. The van der Waals surface area contributed by atoms with E-state index in [0.29, 0.717) is 66.9 Å². The fourth-order valence-corrected chi connectivity index (χ4v) is 14.0. The number of piperidine rings is 1. The number of nitrogens with zero attached hydrogens (tertiary/aromatic N) is 5. The van der Waals surface area contributed by atoms with Crippen LogP contribution in [0.5, 0.6) is 0 Å². The van der Waals surface area contributed by atoms with Crippen molar-refractivity contribution < 1.29 is 28.4 Å². The molecule has 2 spiro atoms. The molecule has 6 atom stereocenters. The number of imidazole rings is 1. The van der Waals surface area contributed by atoms with Crippen molar-refractivity contribution in [3.63, 3.8) is 0 Å². The molecule has 4 aromatic rings. The number of likely N-dealkylation sites (tertiary alicyclic amines) is 2. The molecule has 4 saturated heterocycles. The molecule has 5 amide bonds. The highest BCUT2D eigenvalue weighted by Crippen LogP contribution is 2.64. The van der Waals surface area contributed by atoms with Crippen LogP contribution < -0.4 is 27.0 Å². The number of hydrogen-bond donors (Lipinski definition) is 4. The Bertz CT molecular complexity index is 2880. The number of aromatic nitrogens is 3. The van der Waals surface area contributed by atoms with Crippen molar-refractivity contribution in [1.29, 1.82) is 0 Å². The van der Waals surface area contributed by atoms with Crippen LogP contribution in [0.3, 0.4) is 0 Å². The van der Waals surface area contributed by atoms with Crippen LogP contribution in [0, 0.1) is 17.2 Å². The zero-order valence-corrected chi connectivity index (χ0v) is 40.6. The number of benzene rings is 2. The van der Waals surface area contributed by atoms with Crippen LogP contribution in [0.25, 0.3) is 11.0 Å². The maximum atomic E-state index is 16.4. The minimum Gasteiger partial charge on any atom is -0.352 e. The van der Waals surface area contributed by atoms with Crippen LogP contribution in [0.15, 0.2) is 53.5 Å². The molecule has 5 aliphatic heterocycles. The molecule has 2 aromatic carbocycles. The number of aryl methyl sites for hydroxylation is 1. The Morgan fingerprint density at radius 3 is 2.39 bits per heavy atom. The summed E-state index contributed by atoms with van der Waals surface area (Å²) in [6.07, 6.45) is 8.84. The zero-order chi connectivity index (χ0) is 48.3. The lowest BCUT2D eigenvalue weighted by Crippen LogP contribution is -2.61. The van der Waals surface area contributed by atoms with Gasteiger partial charge in [-0.25, -0.2) is 14.2 Å². The van der Waals surface area contributed by atoms with E-state index in [2.05, 4.69) is 49.9 Å². The van der Waals surface area contributed by atoms with Crippen LogP contribution in [-0.2, 0) is 42.9 Å². The predicted octanol–water partition coefficient (Wildman–Crippen LogP) is 5.65. The van der Waals surface area contributed by atoms with Crippen LogP contribution in [0.1, 0.15) is 113 Å². The van der Waals surface area contributed by atoms with Gasteiger partial charge in [0.05, 0.1) is 17.1 Å². The molecule has 2 bridgehead atoms. The first kappa shape index (κ1) is 46.2. The highest BCUT2D eigenvalue weighted by atomic mass is 35.5. The first-order valence-electron chi connectivity index (χ1n) is 24.6. The summed E-state index contributed by atoms with van der Waals surface area (Å²) >= 11 is 12.8. The van der Waals surface area contributed by atoms with E-state index >= 15 is 4.39 Å². The van der Waals surface area contributed by atoms with Crippen molar-refractivity contribution in [3.8, 4) is 0 Å². The van der Waals surface area contributed by atoms with E-state index in [1.807, 2.05) is 24.3 Å². The molecule has 364 valence electrons. The number of halogens is 3. The van der Waals surface area contributed by atoms with E-state index in [4.69, 9.17) is 23.2 Å². The Morgan fingerprint density at radius 2 is 1.67 bits per heavy atom. The molecule has 11 rings (SSSR count). The number of fused-ring (bicyclic) bond motifs is 6. The van der Waals surface area contributed by atoms with E-state index < -0.39 is 40.7 Å². The molecule has 7 aliphatic rings. The van der Waals surface area contributed by atoms with Gasteiger partial charge < -0.3 is 15.5 Å². The van der Waals surface area contributed by atoms with Gasteiger partial charge in [-0.2, -0.15) is 0 Å². The number of rotatable bonds is 8. The topological polar surface area (TPSA) is 180 Å². The second-order valence-corrected chi connectivity index (χ2v) is 22.4. The molecular formula is C51H58Cl2FN9O6. The van der Waals surface area contributed by atoms with Crippen molar-refractivity contribution in [2.24, 2.45) is 18.4 Å². The molecular weight excluding hydrogens is 925 g/mol. The normalized spacial score (nSPS) is 30.3. The first-order valence-corrected chi connectivity index (χ1v) is 25.3. The Hall–Kier alpha value is -5.16. The van der Waals surface area contributed by atoms with Crippen molar-refractivity contribution in [3.05, 3.63) is 91.8 Å². The molecule has 4 N–H and O–H groups in total. The van der Waals surface area contributed by atoms with Gasteiger partial charge in [-0.1, -0.05) is 49.2 Å². The quantitative estimate of drug-likeness (QED) is 0.128. The van der Waals surface area contributed by atoms with Gasteiger partial charge in [0, 0.05) is 85.5 Å². The maximum Gasteiger partial charge on any atom is 0.329 e. The molecule has 18 heteroatoms. The van der Waals surface area contributed by atoms with Gasteiger partial charge >= 0.3 is 5.69 Å². The highest BCUT2D eigenvalue weighted by molar-refractivity contribution is 6.31. The number of anilines is 1. The minimum atomic E-state index is -1.37. The molecule has 7 heterocycles. The lowest BCUT2D eigenvalue weighted by Gasteiger charge is -2.50. The summed E-state index contributed by atoms with van der Waals surface area (Å²) < 4.78 is 19.5.